The fourth-order valence-electron chi connectivity index (χ4n) is 2.48. The lowest BCUT2D eigenvalue weighted by molar-refractivity contribution is 0.00816. The zero-order chi connectivity index (χ0) is 17.0. The average Bonchev–Trinajstić information content (AvgIpc) is 2.54. The highest BCUT2D eigenvalue weighted by Crippen LogP contribution is 2.23. The Morgan fingerprint density at radius 2 is 1.71 bits per heavy atom. The van der Waals surface area contributed by atoms with Gasteiger partial charge in [-0.15, -0.1) is 12.4 Å². The number of rotatable bonds is 5. The molecule has 1 saturated heterocycles. The number of ether oxygens (including phenoxy) is 1. The number of likely N-dealkylation sites (tertiary alicyclic amines) is 1. The van der Waals surface area contributed by atoms with Crippen LogP contribution in [0.4, 0.5) is 17.6 Å². The summed E-state index contributed by atoms with van der Waals surface area (Å²) in [6.45, 7) is 1.42. The number of nitrogens with two attached hydrogens (primary N) is 1. The molecule has 1 aromatic carbocycles. The first-order chi connectivity index (χ1) is 11.0. The first-order valence-electron chi connectivity index (χ1n) is 7.39. The summed E-state index contributed by atoms with van der Waals surface area (Å²) < 4.78 is 59.3. The first-order valence-corrected chi connectivity index (χ1v) is 7.39. The van der Waals surface area contributed by atoms with Crippen molar-refractivity contribution in [3.05, 3.63) is 34.9 Å². The van der Waals surface area contributed by atoms with Crippen LogP contribution in [-0.2, 0) is 4.74 Å². The molecule has 0 atom stereocenters. The average molecular weight is 371 g/mol. The van der Waals surface area contributed by atoms with Gasteiger partial charge in [0.2, 0.25) is 0 Å². The Morgan fingerprint density at radius 3 is 2.21 bits per heavy atom. The van der Waals surface area contributed by atoms with Gasteiger partial charge in [-0.2, -0.15) is 0 Å². The number of benzene rings is 1. The van der Waals surface area contributed by atoms with Crippen molar-refractivity contribution in [1.29, 1.82) is 0 Å². The lowest BCUT2D eigenvalue weighted by Crippen LogP contribution is -2.41. The molecule has 1 aliphatic heterocycles. The monoisotopic (exact) mass is 370 g/mol. The van der Waals surface area contributed by atoms with Crippen LogP contribution >= 0.6 is 12.4 Å². The van der Waals surface area contributed by atoms with Crippen molar-refractivity contribution in [2.75, 3.05) is 26.2 Å². The molecule has 1 amide bonds. The van der Waals surface area contributed by atoms with Crippen LogP contribution < -0.4 is 5.73 Å². The van der Waals surface area contributed by atoms with Gasteiger partial charge in [0.15, 0.2) is 23.3 Å². The zero-order valence-electron chi connectivity index (χ0n) is 12.9. The maximum atomic E-state index is 13.7. The third-order valence-electron chi connectivity index (χ3n) is 3.76. The highest BCUT2D eigenvalue weighted by Gasteiger charge is 2.30. The molecule has 1 fully saturated rings. The molecule has 4 nitrogen and oxygen atoms in total. The molecule has 0 saturated carbocycles. The first kappa shape index (κ1) is 20.7. The number of hydrogen-bond acceptors (Lipinski definition) is 3. The van der Waals surface area contributed by atoms with Crippen molar-refractivity contribution < 1.29 is 27.1 Å². The van der Waals surface area contributed by atoms with E-state index >= 15 is 0 Å². The van der Waals surface area contributed by atoms with Crippen LogP contribution in [0.2, 0.25) is 0 Å². The normalized spacial score (nSPS) is 15.3. The van der Waals surface area contributed by atoms with E-state index in [0.717, 1.165) is 6.42 Å². The third kappa shape index (κ3) is 4.58. The lowest BCUT2D eigenvalue weighted by Gasteiger charge is -2.32. The Balaban J connectivity index is 0.00000288. The topological polar surface area (TPSA) is 55.6 Å². The van der Waals surface area contributed by atoms with Gasteiger partial charge in [-0.25, -0.2) is 17.6 Å². The quantitative estimate of drug-likeness (QED) is 0.492. The second-order valence-electron chi connectivity index (χ2n) is 5.35. The Labute approximate surface area is 143 Å². The summed E-state index contributed by atoms with van der Waals surface area (Å²) in [5.41, 5.74) is 4.17. The summed E-state index contributed by atoms with van der Waals surface area (Å²) in [5, 5.41) is 0. The molecule has 1 aliphatic rings. The number of carbonyl (C=O) groups is 1. The number of hydrogen-bond donors (Lipinski definition) is 1. The van der Waals surface area contributed by atoms with Gasteiger partial charge < -0.3 is 15.4 Å². The van der Waals surface area contributed by atoms with Gasteiger partial charge >= 0.3 is 0 Å². The fraction of sp³-hybridized carbons (Fsp3) is 0.533. The van der Waals surface area contributed by atoms with Crippen LogP contribution in [0.25, 0.3) is 0 Å². The van der Waals surface area contributed by atoms with Crippen LogP contribution in [0.5, 0.6) is 0 Å². The van der Waals surface area contributed by atoms with E-state index in [1.807, 2.05) is 0 Å². The van der Waals surface area contributed by atoms with E-state index in [1.165, 1.54) is 4.90 Å². The minimum Gasteiger partial charge on any atom is -0.378 e. The van der Waals surface area contributed by atoms with Gasteiger partial charge in [-0.05, 0) is 25.8 Å². The van der Waals surface area contributed by atoms with Crippen molar-refractivity contribution >= 4 is 18.3 Å². The summed E-state index contributed by atoms with van der Waals surface area (Å²) in [6, 6.07) is 0.0823. The van der Waals surface area contributed by atoms with Gasteiger partial charge in [0.05, 0.1) is 6.10 Å². The zero-order valence-corrected chi connectivity index (χ0v) is 13.7. The predicted molar refractivity (Wildman–Crippen MR) is 82.1 cm³/mol. The molecule has 2 rings (SSSR count). The molecule has 24 heavy (non-hydrogen) atoms. The van der Waals surface area contributed by atoms with E-state index < -0.39 is 34.7 Å². The smallest absolute Gasteiger partial charge is 0.260 e. The van der Waals surface area contributed by atoms with Crippen molar-refractivity contribution in [3.63, 3.8) is 0 Å². The molecule has 2 N–H and O–H groups in total. The molecule has 0 bridgehead atoms. The Kier molecular flexibility index (Phi) is 7.92. The van der Waals surface area contributed by atoms with E-state index in [-0.39, 0.29) is 37.7 Å². The molecule has 1 heterocycles. The molecule has 136 valence electrons. The molecule has 1 aromatic rings. The van der Waals surface area contributed by atoms with Crippen LogP contribution in [-0.4, -0.2) is 43.2 Å². The van der Waals surface area contributed by atoms with Gasteiger partial charge in [0, 0.05) is 25.8 Å². The number of amides is 1. The molecule has 0 unspecified atom stereocenters. The molecular weight excluding hydrogens is 352 g/mol. The van der Waals surface area contributed by atoms with E-state index in [0.29, 0.717) is 26.0 Å². The van der Waals surface area contributed by atoms with Crippen LogP contribution in [0.1, 0.15) is 29.6 Å². The minimum absolute atomic E-state index is 0. The minimum atomic E-state index is -1.67. The number of halogens is 5. The van der Waals surface area contributed by atoms with Crippen molar-refractivity contribution in [2.24, 2.45) is 5.73 Å². The summed E-state index contributed by atoms with van der Waals surface area (Å²) in [5.74, 6) is -7.58. The van der Waals surface area contributed by atoms with Crippen molar-refractivity contribution in [3.8, 4) is 0 Å². The summed E-state index contributed by atoms with van der Waals surface area (Å²) in [7, 11) is 0. The van der Waals surface area contributed by atoms with E-state index in [9.17, 15) is 22.4 Å². The summed E-state index contributed by atoms with van der Waals surface area (Å²) >= 11 is 0. The van der Waals surface area contributed by atoms with E-state index in [2.05, 4.69) is 0 Å². The Morgan fingerprint density at radius 1 is 1.17 bits per heavy atom. The largest absolute Gasteiger partial charge is 0.378 e. The number of nitrogens with zero attached hydrogens (tertiary/aromatic N) is 1. The van der Waals surface area contributed by atoms with E-state index in [1.54, 1.807) is 0 Å². The summed E-state index contributed by atoms with van der Waals surface area (Å²) in [6.07, 6.45) is 1.62. The molecule has 0 spiro atoms. The highest BCUT2D eigenvalue weighted by molar-refractivity contribution is 5.95. The highest BCUT2D eigenvalue weighted by atomic mass is 35.5. The van der Waals surface area contributed by atoms with Gasteiger partial charge in [0.25, 0.3) is 5.91 Å². The molecule has 0 radical (unpaired) electrons. The Bertz CT molecular complexity index is 555. The van der Waals surface area contributed by atoms with Crippen LogP contribution in [0.3, 0.4) is 0 Å². The van der Waals surface area contributed by atoms with Gasteiger partial charge in [-0.1, -0.05) is 0 Å². The Hall–Kier alpha value is -1.38. The molecule has 9 heteroatoms. The molecule has 0 aromatic heterocycles. The lowest BCUT2D eigenvalue weighted by atomic mass is 10.1. The fourth-order valence-corrected chi connectivity index (χ4v) is 2.48. The summed E-state index contributed by atoms with van der Waals surface area (Å²) in [4.78, 5) is 13.3. The van der Waals surface area contributed by atoms with Gasteiger partial charge in [0.1, 0.15) is 5.56 Å². The molecule has 0 aliphatic carbocycles. The van der Waals surface area contributed by atoms with Crippen LogP contribution in [0.15, 0.2) is 6.07 Å². The van der Waals surface area contributed by atoms with Crippen LogP contribution in [0, 0.1) is 23.3 Å². The standard InChI is InChI=1S/C15H18F4N2O2.ClH/c16-10-8-11(17)14(19)12(13(10)18)15(22)21-5-2-9(3-6-21)23-7-1-4-20;/h8-9H,1-7,20H2;1H. The predicted octanol–water partition coefficient (Wildman–Crippen LogP) is 2.63. The van der Waals surface area contributed by atoms with Gasteiger partial charge in [-0.3, -0.25) is 4.79 Å². The van der Waals surface area contributed by atoms with Crippen molar-refractivity contribution in [1.82, 2.24) is 4.90 Å². The SMILES string of the molecule is Cl.NCCCOC1CCN(C(=O)c2c(F)c(F)cc(F)c2F)CC1. The maximum absolute atomic E-state index is 13.7. The second-order valence-corrected chi connectivity index (χ2v) is 5.35. The molecular formula is C15H19ClF4N2O2. The van der Waals surface area contributed by atoms with E-state index in [4.69, 9.17) is 10.5 Å². The number of piperidine rings is 1. The second kappa shape index (κ2) is 9.19. The number of carbonyl (C=O) groups excluding carboxylic acids is 1. The van der Waals surface area contributed by atoms with Crippen molar-refractivity contribution in [2.45, 2.75) is 25.4 Å². The maximum Gasteiger partial charge on any atom is 0.260 e. The third-order valence-corrected chi connectivity index (χ3v) is 3.76.